The maximum atomic E-state index is 6.10. The number of anilines is 1. The fourth-order valence-electron chi connectivity index (χ4n) is 2.77. The fraction of sp³-hybridized carbons (Fsp3) is 0.533. The van der Waals surface area contributed by atoms with Crippen LogP contribution in [0.25, 0.3) is 11.0 Å². The van der Waals surface area contributed by atoms with Crippen LogP contribution in [0.4, 0.5) is 5.95 Å². The van der Waals surface area contributed by atoms with E-state index in [1.807, 2.05) is 0 Å². The van der Waals surface area contributed by atoms with Gasteiger partial charge in [0.05, 0.1) is 11.0 Å². The summed E-state index contributed by atoms with van der Waals surface area (Å²) in [7, 11) is 0. The average Bonchev–Trinajstić information content (AvgIpc) is 3.03. The molecular formula is C15H21N3. The summed E-state index contributed by atoms with van der Waals surface area (Å²) >= 11 is 0. The van der Waals surface area contributed by atoms with Gasteiger partial charge in [0.15, 0.2) is 0 Å². The summed E-state index contributed by atoms with van der Waals surface area (Å²) in [6, 6.07) is 4.81. The number of benzene rings is 1. The number of hydrogen-bond donors (Lipinski definition) is 1. The molecule has 1 aliphatic rings. The van der Waals surface area contributed by atoms with Crippen LogP contribution in [0.1, 0.15) is 43.4 Å². The number of nitrogens with zero attached hydrogens (tertiary/aromatic N) is 2. The monoisotopic (exact) mass is 243 g/mol. The molecular weight excluding hydrogens is 222 g/mol. The maximum absolute atomic E-state index is 6.10. The minimum absolute atomic E-state index is 0.449. The normalized spacial score (nSPS) is 17.3. The Morgan fingerprint density at radius 2 is 2.00 bits per heavy atom. The lowest BCUT2D eigenvalue weighted by molar-refractivity contribution is 0.492. The Labute approximate surface area is 108 Å². The molecule has 0 saturated heterocycles. The van der Waals surface area contributed by atoms with E-state index in [0.717, 1.165) is 11.4 Å². The Bertz CT molecular complexity index is 593. The van der Waals surface area contributed by atoms with Crippen LogP contribution in [0, 0.1) is 19.8 Å². The molecule has 1 unspecified atom stereocenters. The zero-order valence-corrected chi connectivity index (χ0v) is 11.4. The number of rotatable bonds is 3. The molecule has 3 nitrogen and oxygen atoms in total. The summed E-state index contributed by atoms with van der Waals surface area (Å²) in [4.78, 5) is 4.50. The van der Waals surface area contributed by atoms with Crippen molar-refractivity contribution in [2.75, 3.05) is 5.73 Å². The molecule has 1 aromatic carbocycles. The smallest absolute Gasteiger partial charge is 0.201 e. The molecule has 1 aromatic heterocycles. The quantitative estimate of drug-likeness (QED) is 0.895. The summed E-state index contributed by atoms with van der Waals surface area (Å²) < 4.78 is 2.21. The van der Waals surface area contributed by atoms with Crippen LogP contribution in [-0.4, -0.2) is 9.55 Å². The van der Waals surface area contributed by atoms with Gasteiger partial charge in [-0.3, -0.25) is 0 Å². The zero-order chi connectivity index (χ0) is 12.9. The highest BCUT2D eigenvalue weighted by atomic mass is 15.2. The van der Waals surface area contributed by atoms with E-state index in [9.17, 15) is 0 Å². The summed E-state index contributed by atoms with van der Waals surface area (Å²) in [5.41, 5.74) is 10.9. The molecule has 2 N–H and O–H groups in total. The van der Waals surface area contributed by atoms with Crippen LogP contribution in [0.15, 0.2) is 12.1 Å². The number of fused-ring (bicyclic) bond motifs is 1. The zero-order valence-electron chi connectivity index (χ0n) is 11.4. The SMILES string of the molecule is Cc1cc2nc(N)n(C(C)CC3CC3)c2cc1C. The molecule has 1 saturated carbocycles. The second-order valence-electron chi connectivity index (χ2n) is 5.79. The van der Waals surface area contributed by atoms with Crippen LogP contribution in [-0.2, 0) is 0 Å². The van der Waals surface area contributed by atoms with E-state index < -0.39 is 0 Å². The van der Waals surface area contributed by atoms with Crippen molar-refractivity contribution >= 4 is 17.0 Å². The van der Waals surface area contributed by atoms with Crippen molar-refractivity contribution in [3.8, 4) is 0 Å². The highest BCUT2D eigenvalue weighted by Crippen LogP contribution is 2.38. The van der Waals surface area contributed by atoms with Gasteiger partial charge in [0.2, 0.25) is 5.95 Å². The first kappa shape index (κ1) is 11.6. The van der Waals surface area contributed by atoms with Crippen LogP contribution in [0.3, 0.4) is 0 Å². The standard InChI is InChI=1S/C15H21N3/c1-9-6-13-14(7-10(9)2)18(15(16)17-13)11(3)8-12-4-5-12/h6-7,11-12H,4-5,8H2,1-3H3,(H2,16,17). The highest BCUT2D eigenvalue weighted by Gasteiger charge is 2.25. The molecule has 1 heterocycles. The van der Waals surface area contributed by atoms with Gasteiger partial charge in [-0.15, -0.1) is 0 Å². The number of hydrogen-bond acceptors (Lipinski definition) is 2. The van der Waals surface area contributed by atoms with Crippen molar-refractivity contribution in [2.45, 2.75) is 46.1 Å². The molecule has 0 radical (unpaired) electrons. The Hall–Kier alpha value is -1.51. The minimum atomic E-state index is 0.449. The van der Waals surface area contributed by atoms with Gasteiger partial charge in [-0.2, -0.15) is 0 Å². The van der Waals surface area contributed by atoms with Crippen LogP contribution in [0.5, 0.6) is 0 Å². The first-order valence-electron chi connectivity index (χ1n) is 6.81. The van der Waals surface area contributed by atoms with Crippen LogP contribution in [0.2, 0.25) is 0 Å². The maximum Gasteiger partial charge on any atom is 0.201 e. The number of nitrogen functional groups attached to an aromatic ring is 1. The molecule has 0 aliphatic heterocycles. The molecule has 18 heavy (non-hydrogen) atoms. The van der Waals surface area contributed by atoms with Crippen molar-refractivity contribution in [3.05, 3.63) is 23.3 Å². The van der Waals surface area contributed by atoms with Crippen LogP contribution >= 0.6 is 0 Å². The van der Waals surface area contributed by atoms with E-state index in [4.69, 9.17) is 5.73 Å². The Morgan fingerprint density at radius 1 is 1.33 bits per heavy atom. The first-order valence-corrected chi connectivity index (χ1v) is 6.81. The Kier molecular flexibility index (Phi) is 2.58. The van der Waals surface area contributed by atoms with Gasteiger partial charge < -0.3 is 10.3 Å². The predicted octanol–water partition coefficient (Wildman–Crippen LogP) is 3.60. The van der Waals surface area contributed by atoms with Gasteiger partial charge in [0, 0.05) is 6.04 Å². The second-order valence-corrected chi connectivity index (χ2v) is 5.79. The summed E-state index contributed by atoms with van der Waals surface area (Å²) in [5, 5.41) is 0. The lowest BCUT2D eigenvalue weighted by atomic mass is 10.1. The van der Waals surface area contributed by atoms with Crippen molar-refractivity contribution in [3.63, 3.8) is 0 Å². The molecule has 1 fully saturated rings. The van der Waals surface area contributed by atoms with E-state index in [1.54, 1.807) is 0 Å². The molecule has 1 aliphatic carbocycles. The Morgan fingerprint density at radius 3 is 2.67 bits per heavy atom. The van der Waals surface area contributed by atoms with Crippen LogP contribution < -0.4 is 5.73 Å². The summed E-state index contributed by atoms with van der Waals surface area (Å²) in [5.74, 6) is 1.56. The number of aryl methyl sites for hydroxylation is 2. The number of imidazole rings is 1. The van der Waals surface area contributed by atoms with Crippen molar-refractivity contribution in [1.82, 2.24) is 9.55 Å². The topological polar surface area (TPSA) is 43.8 Å². The highest BCUT2D eigenvalue weighted by molar-refractivity contribution is 5.80. The van der Waals surface area contributed by atoms with E-state index in [-0.39, 0.29) is 0 Å². The van der Waals surface area contributed by atoms with Gasteiger partial charge >= 0.3 is 0 Å². The van der Waals surface area contributed by atoms with E-state index >= 15 is 0 Å². The van der Waals surface area contributed by atoms with Gasteiger partial charge in [-0.1, -0.05) is 12.8 Å². The fourth-order valence-corrected chi connectivity index (χ4v) is 2.77. The van der Waals surface area contributed by atoms with Gasteiger partial charge in [-0.05, 0) is 56.4 Å². The van der Waals surface area contributed by atoms with Crippen molar-refractivity contribution < 1.29 is 0 Å². The Balaban J connectivity index is 2.08. The first-order chi connectivity index (χ1) is 8.56. The summed E-state index contributed by atoms with van der Waals surface area (Å²) in [6.07, 6.45) is 3.99. The third kappa shape index (κ3) is 1.88. The van der Waals surface area contributed by atoms with E-state index in [1.165, 1.54) is 35.9 Å². The molecule has 0 bridgehead atoms. The molecule has 1 atom stereocenters. The van der Waals surface area contributed by atoms with Crippen molar-refractivity contribution in [1.29, 1.82) is 0 Å². The number of nitrogens with two attached hydrogens (primary N) is 1. The average molecular weight is 243 g/mol. The largest absolute Gasteiger partial charge is 0.369 e. The van der Waals surface area contributed by atoms with E-state index in [0.29, 0.717) is 12.0 Å². The molecule has 0 spiro atoms. The lowest BCUT2D eigenvalue weighted by Gasteiger charge is -2.16. The van der Waals surface area contributed by atoms with Gasteiger partial charge in [0.25, 0.3) is 0 Å². The predicted molar refractivity (Wildman–Crippen MR) is 75.7 cm³/mol. The molecule has 2 aromatic rings. The van der Waals surface area contributed by atoms with Crippen molar-refractivity contribution in [2.24, 2.45) is 5.92 Å². The number of aromatic nitrogens is 2. The molecule has 3 heteroatoms. The summed E-state index contributed by atoms with van der Waals surface area (Å²) in [6.45, 7) is 6.52. The molecule has 3 rings (SSSR count). The van der Waals surface area contributed by atoms with E-state index in [2.05, 4.69) is 42.5 Å². The third-order valence-electron chi connectivity index (χ3n) is 4.14. The molecule has 96 valence electrons. The lowest BCUT2D eigenvalue weighted by Crippen LogP contribution is -2.09. The molecule has 0 amide bonds. The third-order valence-corrected chi connectivity index (χ3v) is 4.14. The minimum Gasteiger partial charge on any atom is -0.369 e. The second kappa shape index (κ2) is 4.01. The van der Waals surface area contributed by atoms with Gasteiger partial charge in [0.1, 0.15) is 0 Å². The van der Waals surface area contributed by atoms with Gasteiger partial charge in [-0.25, -0.2) is 4.98 Å².